The van der Waals surface area contributed by atoms with Gasteiger partial charge in [-0.1, -0.05) is 0 Å². The largest absolute Gasteiger partial charge is 0.349 e. The lowest BCUT2D eigenvalue weighted by atomic mass is 10.0. The number of hydrogen-bond donors (Lipinski definition) is 1. The first-order chi connectivity index (χ1) is 8.00. The van der Waals surface area contributed by atoms with E-state index in [0.717, 1.165) is 25.5 Å². The van der Waals surface area contributed by atoms with Crippen LogP contribution in [0.5, 0.6) is 0 Å². The molecule has 1 N–H and O–H groups in total. The molecule has 1 saturated heterocycles. The van der Waals surface area contributed by atoms with E-state index >= 15 is 0 Å². The second-order valence-corrected chi connectivity index (χ2v) is 4.77. The summed E-state index contributed by atoms with van der Waals surface area (Å²) in [5.74, 6) is 0.794. The van der Waals surface area contributed by atoms with Crippen LogP contribution in [0.3, 0.4) is 0 Å². The predicted molar refractivity (Wildman–Crippen MR) is 65.2 cm³/mol. The zero-order valence-electron chi connectivity index (χ0n) is 10.0. The molecule has 0 aromatic carbocycles. The molecule has 6 nitrogen and oxygen atoms in total. The molecule has 0 saturated carbocycles. The highest BCUT2D eigenvalue weighted by Gasteiger charge is 2.30. The van der Waals surface area contributed by atoms with E-state index in [1.165, 1.54) is 12.3 Å². The number of nitrogens with one attached hydrogen (secondary N) is 1. The van der Waals surface area contributed by atoms with E-state index in [2.05, 4.69) is 29.0 Å². The molecule has 0 bridgehead atoms. The molecule has 1 fully saturated rings. The highest BCUT2D eigenvalue weighted by atomic mass is 16.6. The normalized spacial score (nSPS) is 19.1. The van der Waals surface area contributed by atoms with Gasteiger partial charge < -0.3 is 10.2 Å². The molecular formula is C11H16N4O2. The van der Waals surface area contributed by atoms with Crippen LogP contribution in [0.2, 0.25) is 0 Å². The average molecular weight is 236 g/mol. The average Bonchev–Trinajstić information content (AvgIpc) is 2.28. The molecule has 1 aliphatic rings. The van der Waals surface area contributed by atoms with Crippen LogP contribution in [-0.2, 0) is 0 Å². The fourth-order valence-electron chi connectivity index (χ4n) is 2.05. The minimum Gasteiger partial charge on any atom is -0.349 e. The van der Waals surface area contributed by atoms with Crippen LogP contribution < -0.4 is 10.2 Å². The van der Waals surface area contributed by atoms with Gasteiger partial charge in [0, 0.05) is 31.2 Å². The molecule has 2 heterocycles. The maximum atomic E-state index is 10.6. The summed E-state index contributed by atoms with van der Waals surface area (Å²) in [4.78, 5) is 16.5. The van der Waals surface area contributed by atoms with Crippen molar-refractivity contribution < 1.29 is 4.92 Å². The van der Waals surface area contributed by atoms with E-state index in [4.69, 9.17) is 0 Å². The SMILES string of the molecule is CC1(C)CNCCN1c1ccc([N+](=O)[O-])cn1. The Morgan fingerprint density at radius 2 is 2.29 bits per heavy atom. The Hall–Kier alpha value is -1.69. The van der Waals surface area contributed by atoms with Gasteiger partial charge in [-0.15, -0.1) is 0 Å². The monoisotopic (exact) mass is 236 g/mol. The van der Waals surface area contributed by atoms with Crippen LogP contribution in [-0.4, -0.2) is 35.1 Å². The highest BCUT2D eigenvalue weighted by molar-refractivity contribution is 5.46. The third-order valence-corrected chi connectivity index (χ3v) is 3.02. The van der Waals surface area contributed by atoms with Crippen molar-refractivity contribution in [2.75, 3.05) is 24.5 Å². The van der Waals surface area contributed by atoms with Crippen molar-refractivity contribution in [1.29, 1.82) is 0 Å². The molecule has 0 spiro atoms. The number of piperazine rings is 1. The molecular weight excluding hydrogens is 220 g/mol. The number of nitrogens with zero attached hydrogens (tertiary/aromatic N) is 3. The first-order valence-electron chi connectivity index (χ1n) is 5.59. The van der Waals surface area contributed by atoms with E-state index in [1.807, 2.05) is 0 Å². The van der Waals surface area contributed by atoms with E-state index in [0.29, 0.717) is 0 Å². The van der Waals surface area contributed by atoms with Crippen molar-refractivity contribution >= 4 is 11.5 Å². The van der Waals surface area contributed by atoms with Crippen LogP contribution in [0.25, 0.3) is 0 Å². The maximum Gasteiger partial charge on any atom is 0.287 e. The number of pyridine rings is 1. The van der Waals surface area contributed by atoms with Gasteiger partial charge in [0.25, 0.3) is 5.69 Å². The molecule has 0 aliphatic carbocycles. The van der Waals surface area contributed by atoms with E-state index < -0.39 is 4.92 Å². The smallest absolute Gasteiger partial charge is 0.287 e. The minimum absolute atomic E-state index is 0.0264. The molecule has 6 heteroatoms. The third-order valence-electron chi connectivity index (χ3n) is 3.02. The zero-order valence-corrected chi connectivity index (χ0v) is 10.0. The summed E-state index contributed by atoms with van der Waals surface area (Å²) in [5.41, 5.74) is 0.00294. The molecule has 1 aliphatic heterocycles. The number of hydrogen-bond acceptors (Lipinski definition) is 5. The summed E-state index contributed by atoms with van der Waals surface area (Å²) >= 11 is 0. The lowest BCUT2D eigenvalue weighted by Crippen LogP contribution is -2.58. The summed E-state index contributed by atoms with van der Waals surface area (Å²) in [7, 11) is 0. The topological polar surface area (TPSA) is 71.3 Å². The third kappa shape index (κ3) is 2.36. The molecule has 2 rings (SSSR count). The van der Waals surface area contributed by atoms with Crippen LogP contribution in [0.15, 0.2) is 18.3 Å². The van der Waals surface area contributed by atoms with Crippen LogP contribution in [0, 0.1) is 10.1 Å². The van der Waals surface area contributed by atoms with Crippen molar-refractivity contribution in [2.45, 2.75) is 19.4 Å². The second kappa shape index (κ2) is 4.29. The van der Waals surface area contributed by atoms with E-state index in [-0.39, 0.29) is 11.2 Å². The van der Waals surface area contributed by atoms with Crippen molar-refractivity contribution in [3.05, 3.63) is 28.4 Å². The molecule has 1 aromatic rings. The molecule has 0 atom stereocenters. The molecule has 1 aromatic heterocycles. The zero-order chi connectivity index (χ0) is 12.5. The van der Waals surface area contributed by atoms with Crippen LogP contribution in [0.1, 0.15) is 13.8 Å². The van der Waals surface area contributed by atoms with Crippen LogP contribution >= 0.6 is 0 Å². The maximum absolute atomic E-state index is 10.6. The lowest BCUT2D eigenvalue weighted by Gasteiger charge is -2.43. The summed E-state index contributed by atoms with van der Waals surface area (Å²) in [6, 6.07) is 3.21. The van der Waals surface area contributed by atoms with Gasteiger partial charge >= 0.3 is 0 Å². The molecule has 0 unspecified atom stereocenters. The van der Waals surface area contributed by atoms with Gasteiger partial charge in [-0.3, -0.25) is 10.1 Å². The standard InChI is InChI=1S/C11H16N4O2/c1-11(2)8-12-5-6-14(11)10-4-3-9(7-13-10)15(16)17/h3-4,7,12H,5-6,8H2,1-2H3. The summed E-state index contributed by atoms with van der Waals surface area (Å²) in [6.45, 7) is 6.90. The first-order valence-corrected chi connectivity index (χ1v) is 5.59. The molecule has 0 amide bonds. The van der Waals surface area contributed by atoms with Crippen molar-refractivity contribution in [3.8, 4) is 0 Å². The Morgan fingerprint density at radius 3 is 2.82 bits per heavy atom. The van der Waals surface area contributed by atoms with Gasteiger partial charge in [0.2, 0.25) is 0 Å². The van der Waals surface area contributed by atoms with E-state index in [9.17, 15) is 10.1 Å². The fourth-order valence-corrected chi connectivity index (χ4v) is 2.05. The van der Waals surface area contributed by atoms with Crippen LogP contribution in [0.4, 0.5) is 11.5 Å². The summed E-state index contributed by atoms with van der Waals surface area (Å²) in [5, 5.41) is 13.9. The number of anilines is 1. The number of aromatic nitrogens is 1. The van der Waals surface area contributed by atoms with Crippen molar-refractivity contribution in [2.24, 2.45) is 0 Å². The Balaban J connectivity index is 2.24. The van der Waals surface area contributed by atoms with Gasteiger partial charge in [0.15, 0.2) is 0 Å². The summed E-state index contributed by atoms with van der Waals surface area (Å²) < 4.78 is 0. The van der Waals surface area contributed by atoms with Crippen molar-refractivity contribution in [1.82, 2.24) is 10.3 Å². The van der Waals surface area contributed by atoms with Crippen molar-refractivity contribution in [3.63, 3.8) is 0 Å². The van der Waals surface area contributed by atoms with E-state index in [1.54, 1.807) is 6.07 Å². The summed E-state index contributed by atoms with van der Waals surface area (Å²) in [6.07, 6.45) is 1.31. The van der Waals surface area contributed by atoms with Gasteiger partial charge in [0.05, 0.1) is 4.92 Å². The first kappa shape index (κ1) is 11.8. The predicted octanol–water partition coefficient (Wildman–Crippen LogP) is 1.18. The van der Waals surface area contributed by atoms with Gasteiger partial charge in [-0.25, -0.2) is 4.98 Å². The number of rotatable bonds is 2. The quantitative estimate of drug-likeness (QED) is 0.616. The molecule has 17 heavy (non-hydrogen) atoms. The number of nitro groups is 1. The Morgan fingerprint density at radius 1 is 1.53 bits per heavy atom. The Bertz CT molecular complexity index is 416. The fraction of sp³-hybridized carbons (Fsp3) is 0.545. The second-order valence-electron chi connectivity index (χ2n) is 4.77. The minimum atomic E-state index is -0.431. The highest BCUT2D eigenvalue weighted by Crippen LogP contribution is 2.24. The molecule has 92 valence electrons. The van der Waals surface area contributed by atoms with Gasteiger partial charge in [-0.05, 0) is 19.9 Å². The lowest BCUT2D eigenvalue weighted by molar-refractivity contribution is -0.385. The van der Waals surface area contributed by atoms with Gasteiger partial charge in [0.1, 0.15) is 12.0 Å². The molecule has 0 radical (unpaired) electrons. The Labute approximate surface area is 99.8 Å². The Kier molecular flexibility index (Phi) is 2.97. The van der Waals surface area contributed by atoms with Gasteiger partial charge in [-0.2, -0.15) is 0 Å².